The fraction of sp³-hybridized carbons (Fsp3) is 0.810. The van der Waals surface area contributed by atoms with Crippen molar-refractivity contribution in [3.8, 4) is 0 Å². The topological polar surface area (TPSA) is 149 Å². The average molecular weight is 773 g/mol. The van der Waals surface area contributed by atoms with E-state index in [-0.39, 0.29) is 19.4 Å². The first-order valence-corrected chi connectivity index (χ1v) is 22.4. The summed E-state index contributed by atoms with van der Waals surface area (Å²) in [6.07, 6.45) is 38.2. The van der Waals surface area contributed by atoms with Crippen molar-refractivity contribution in [1.29, 1.82) is 0 Å². The number of phosphoric ester groups is 1. The number of hydrogen-bond acceptors (Lipinski definition) is 9. The van der Waals surface area contributed by atoms with E-state index in [2.05, 4.69) is 54.8 Å². The number of aliphatic hydroxyl groups is 2. The SMILES string of the molecule is CC/C=C\C/C=C\C/C=C\CCCCCCCC(=O)OC[C@H](COP(=O)(O)OC[C@@H](O)CO)OC(=O)CCCCCCCCCCCCCCCCC. The fourth-order valence-corrected chi connectivity index (χ4v) is 6.39. The van der Waals surface area contributed by atoms with E-state index in [0.29, 0.717) is 12.8 Å². The molecule has 3 N–H and O–H groups in total. The normalized spacial score (nSPS) is 14.3. The third-order valence-electron chi connectivity index (χ3n) is 8.81. The number of rotatable bonds is 39. The molecule has 0 saturated carbocycles. The number of carbonyl (C=O) groups is 2. The van der Waals surface area contributed by atoms with Gasteiger partial charge in [0, 0.05) is 12.8 Å². The van der Waals surface area contributed by atoms with Gasteiger partial charge in [-0.1, -0.05) is 159 Å². The van der Waals surface area contributed by atoms with Gasteiger partial charge >= 0.3 is 19.8 Å². The molecule has 53 heavy (non-hydrogen) atoms. The van der Waals surface area contributed by atoms with E-state index in [0.717, 1.165) is 70.6 Å². The van der Waals surface area contributed by atoms with Crippen molar-refractivity contribution in [2.75, 3.05) is 26.4 Å². The lowest BCUT2D eigenvalue weighted by Crippen LogP contribution is -2.29. The molecule has 310 valence electrons. The molecule has 0 radical (unpaired) electrons. The quantitative estimate of drug-likeness (QED) is 0.0238. The van der Waals surface area contributed by atoms with Crippen LogP contribution in [0.25, 0.3) is 0 Å². The molecule has 0 aromatic heterocycles. The van der Waals surface area contributed by atoms with Gasteiger partial charge in [0.25, 0.3) is 0 Å². The Balaban J connectivity index is 4.33. The van der Waals surface area contributed by atoms with Gasteiger partial charge < -0.3 is 24.6 Å². The van der Waals surface area contributed by atoms with Gasteiger partial charge in [0.2, 0.25) is 0 Å². The minimum absolute atomic E-state index is 0.183. The first-order chi connectivity index (χ1) is 25.7. The smallest absolute Gasteiger partial charge is 0.462 e. The van der Waals surface area contributed by atoms with Crippen molar-refractivity contribution < 1.29 is 47.8 Å². The van der Waals surface area contributed by atoms with Crippen LogP contribution in [0.3, 0.4) is 0 Å². The molecule has 0 bridgehead atoms. The van der Waals surface area contributed by atoms with Crippen LogP contribution in [0.1, 0.15) is 181 Å². The van der Waals surface area contributed by atoms with E-state index in [1.807, 2.05) is 0 Å². The van der Waals surface area contributed by atoms with Crippen molar-refractivity contribution in [2.24, 2.45) is 0 Å². The zero-order chi connectivity index (χ0) is 39.1. The molecular formula is C42H77O10P. The summed E-state index contributed by atoms with van der Waals surface area (Å²) in [6, 6.07) is 0. The van der Waals surface area contributed by atoms with Crippen LogP contribution in [-0.2, 0) is 32.7 Å². The van der Waals surface area contributed by atoms with Gasteiger partial charge in [-0.3, -0.25) is 18.6 Å². The monoisotopic (exact) mass is 773 g/mol. The number of unbranched alkanes of at least 4 members (excludes halogenated alkanes) is 19. The Bertz CT molecular complexity index is 983. The lowest BCUT2D eigenvalue weighted by molar-refractivity contribution is -0.161. The van der Waals surface area contributed by atoms with E-state index in [9.17, 15) is 24.2 Å². The second-order valence-electron chi connectivity index (χ2n) is 14.0. The maximum Gasteiger partial charge on any atom is 0.472 e. The van der Waals surface area contributed by atoms with Crippen molar-refractivity contribution in [3.05, 3.63) is 36.5 Å². The molecule has 0 rings (SSSR count). The standard InChI is InChI=1S/C42H77O10P/c1-3-5-7-9-11-13-15-17-19-21-23-25-27-29-31-33-41(45)49-37-40(38-51-53(47,48)50-36-39(44)35-43)52-42(46)34-32-30-28-26-24-22-20-18-16-14-12-10-8-6-4-2/h5,7,11,13,17,19,39-40,43-44H,3-4,6,8-10,12,14-16,18,20-38H2,1-2H3,(H,47,48)/b7-5-,13-11-,19-17-/t39-,40+/m0/s1. The molecule has 0 aliphatic rings. The van der Waals surface area contributed by atoms with Crippen molar-refractivity contribution in [3.63, 3.8) is 0 Å². The molecule has 11 heteroatoms. The highest BCUT2D eigenvalue weighted by Crippen LogP contribution is 2.43. The Morgan fingerprint density at radius 1 is 0.585 bits per heavy atom. The Morgan fingerprint density at radius 2 is 1.04 bits per heavy atom. The summed E-state index contributed by atoms with van der Waals surface area (Å²) in [4.78, 5) is 34.9. The summed E-state index contributed by atoms with van der Waals surface area (Å²) in [7, 11) is -4.62. The third kappa shape index (κ3) is 38.3. The van der Waals surface area contributed by atoms with E-state index in [1.165, 1.54) is 70.6 Å². The second-order valence-corrected chi connectivity index (χ2v) is 15.4. The van der Waals surface area contributed by atoms with Crippen molar-refractivity contribution in [1.82, 2.24) is 0 Å². The number of ether oxygens (including phenoxy) is 2. The Hall–Kier alpha value is -1.81. The Morgan fingerprint density at radius 3 is 1.57 bits per heavy atom. The van der Waals surface area contributed by atoms with Crippen LogP contribution >= 0.6 is 7.82 Å². The minimum atomic E-state index is -4.62. The van der Waals surface area contributed by atoms with Gasteiger partial charge in [0.1, 0.15) is 12.7 Å². The summed E-state index contributed by atoms with van der Waals surface area (Å²) in [6.45, 7) is 2.25. The van der Waals surface area contributed by atoms with Crippen LogP contribution in [-0.4, -0.2) is 65.7 Å². The molecule has 0 aromatic rings. The van der Waals surface area contributed by atoms with E-state index in [1.54, 1.807) is 0 Å². The molecule has 0 aliphatic heterocycles. The molecular weight excluding hydrogens is 695 g/mol. The zero-order valence-electron chi connectivity index (χ0n) is 33.5. The fourth-order valence-electron chi connectivity index (χ4n) is 5.60. The lowest BCUT2D eigenvalue weighted by atomic mass is 10.0. The average Bonchev–Trinajstić information content (AvgIpc) is 3.14. The van der Waals surface area contributed by atoms with Crippen LogP contribution in [0.15, 0.2) is 36.5 Å². The van der Waals surface area contributed by atoms with Gasteiger partial charge in [0.05, 0.1) is 19.8 Å². The van der Waals surface area contributed by atoms with Gasteiger partial charge in [-0.15, -0.1) is 0 Å². The summed E-state index contributed by atoms with van der Waals surface area (Å²) in [5, 5.41) is 18.3. The Labute approximate surface area is 322 Å². The largest absolute Gasteiger partial charge is 0.472 e. The molecule has 1 unspecified atom stereocenters. The number of allylic oxidation sites excluding steroid dienone is 6. The third-order valence-corrected chi connectivity index (χ3v) is 9.76. The first kappa shape index (κ1) is 51.2. The van der Waals surface area contributed by atoms with E-state index >= 15 is 0 Å². The molecule has 0 fully saturated rings. The molecule has 0 aromatic carbocycles. The van der Waals surface area contributed by atoms with Crippen LogP contribution in [0.2, 0.25) is 0 Å². The summed E-state index contributed by atoms with van der Waals surface area (Å²) < 4.78 is 32.7. The van der Waals surface area contributed by atoms with E-state index in [4.69, 9.17) is 19.1 Å². The molecule has 0 saturated heterocycles. The molecule has 3 atom stereocenters. The van der Waals surface area contributed by atoms with Crippen LogP contribution in [0.5, 0.6) is 0 Å². The number of carbonyl (C=O) groups excluding carboxylic acids is 2. The predicted octanol–water partition coefficient (Wildman–Crippen LogP) is 10.8. The van der Waals surface area contributed by atoms with Crippen molar-refractivity contribution >= 4 is 19.8 Å². The maximum atomic E-state index is 12.6. The predicted molar refractivity (Wildman–Crippen MR) is 214 cm³/mol. The number of phosphoric acid groups is 1. The number of aliphatic hydroxyl groups excluding tert-OH is 2. The molecule has 0 aliphatic carbocycles. The van der Waals surface area contributed by atoms with Gasteiger partial charge in [-0.2, -0.15) is 0 Å². The Kier molecular flexibility index (Phi) is 37.2. The highest BCUT2D eigenvalue weighted by Gasteiger charge is 2.27. The summed E-state index contributed by atoms with van der Waals surface area (Å²) >= 11 is 0. The van der Waals surface area contributed by atoms with E-state index < -0.39 is 51.8 Å². The molecule has 0 spiro atoms. The minimum Gasteiger partial charge on any atom is -0.462 e. The molecule has 10 nitrogen and oxygen atoms in total. The molecule has 0 heterocycles. The van der Waals surface area contributed by atoms with Crippen molar-refractivity contribution in [2.45, 2.75) is 193 Å². The summed E-state index contributed by atoms with van der Waals surface area (Å²) in [5.41, 5.74) is 0. The van der Waals surface area contributed by atoms with Gasteiger partial charge in [-0.25, -0.2) is 4.57 Å². The first-order valence-electron chi connectivity index (χ1n) is 20.9. The lowest BCUT2D eigenvalue weighted by Gasteiger charge is -2.20. The maximum absolute atomic E-state index is 12.6. The van der Waals surface area contributed by atoms with Crippen LogP contribution < -0.4 is 0 Å². The summed E-state index contributed by atoms with van der Waals surface area (Å²) in [5.74, 6) is -0.941. The highest BCUT2D eigenvalue weighted by molar-refractivity contribution is 7.47. The van der Waals surface area contributed by atoms with Gasteiger partial charge in [0.15, 0.2) is 6.10 Å². The second kappa shape index (κ2) is 38.5. The van der Waals surface area contributed by atoms with Gasteiger partial charge in [-0.05, 0) is 44.9 Å². The highest BCUT2D eigenvalue weighted by atomic mass is 31.2. The molecule has 0 amide bonds. The number of esters is 2. The zero-order valence-corrected chi connectivity index (χ0v) is 34.4. The number of hydrogen-bond donors (Lipinski definition) is 3. The van der Waals surface area contributed by atoms with Crippen LogP contribution in [0.4, 0.5) is 0 Å². The van der Waals surface area contributed by atoms with Crippen LogP contribution in [0, 0.1) is 0 Å².